The van der Waals surface area contributed by atoms with Crippen LogP contribution in [0.4, 0.5) is 5.69 Å². The summed E-state index contributed by atoms with van der Waals surface area (Å²) in [6.45, 7) is 4.14. The van der Waals surface area contributed by atoms with E-state index in [1.807, 2.05) is 39.2 Å². The molecule has 5 rings (SSSR count). The number of aryl methyl sites for hydroxylation is 1. The molecule has 0 unspecified atom stereocenters. The third kappa shape index (κ3) is 4.46. The molecule has 0 saturated heterocycles. The number of aromatic amines is 1. The van der Waals surface area contributed by atoms with Crippen LogP contribution in [-0.2, 0) is 11.2 Å². The van der Waals surface area contributed by atoms with Crippen LogP contribution in [0.5, 0.6) is 5.75 Å². The Morgan fingerprint density at radius 3 is 2.61 bits per heavy atom. The van der Waals surface area contributed by atoms with Crippen LogP contribution in [0.2, 0.25) is 0 Å². The first-order chi connectivity index (χ1) is 18.1. The number of H-pyrrole nitrogens is 1. The fraction of sp³-hybridized carbons (Fsp3) is 0.300. The Bertz CT molecular complexity index is 1620. The highest BCUT2D eigenvalue weighted by Crippen LogP contribution is 2.46. The SMILES string of the molecule is CC(=O)c1cc2cc(C(=O)N3C[C@@H](CCl)c4c3cc(O)c3cccc(C)c43)[nH]c2cc1CC(=O)CN(C)C. The van der Waals surface area contributed by atoms with Crippen LogP contribution in [0.25, 0.3) is 21.7 Å². The molecule has 1 aliphatic heterocycles. The van der Waals surface area contributed by atoms with Crippen LogP contribution in [-0.4, -0.2) is 65.5 Å². The van der Waals surface area contributed by atoms with Gasteiger partial charge in [0.25, 0.3) is 5.91 Å². The number of halogens is 1. The number of nitrogens with one attached hydrogen (secondary N) is 1. The summed E-state index contributed by atoms with van der Waals surface area (Å²) in [6, 6.07) is 12.7. The predicted molar refractivity (Wildman–Crippen MR) is 151 cm³/mol. The van der Waals surface area contributed by atoms with E-state index in [0.29, 0.717) is 45.8 Å². The Hall–Kier alpha value is -3.68. The quantitative estimate of drug-likeness (QED) is 0.253. The highest BCUT2D eigenvalue weighted by Gasteiger charge is 2.36. The van der Waals surface area contributed by atoms with Crippen molar-refractivity contribution in [1.29, 1.82) is 0 Å². The topological polar surface area (TPSA) is 93.7 Å². The van der Waals surface area contributed by atoms with Gasteiger partial charge in [-0.3, -0.25) is 14.4 Å². The molecule has 1 amide bonds. The standard InChI is InChI=1S/C30H30ClN3O4/c1-16-6-5-7-22-27(37)12-26-29(28(16)22)20(13-31)14-34(26)30(38)25-11-19-9-23(17(2)35)18(10-24(19)32-25)8-21(36)15-33(3)4/h5-7,9-12,20,32,37H,8,13-15H2,1-4H3/t20-/m1/s1. The van der Waals surface area contributed by atoms with E-state index in [9.17, 15) is 19.5 Å². The number of phenolic OH excluding ortho intramolecular Hbond substituents is 1. The van der Waals surface area contributed by atoms with E-state index in [0.717, 1.165) is 21.9 Å². The minimum Gasteiger partial charge on any atom is -0.507 e. The molecule has 0 fully saturated rings. The van der Waals surface area contributed by atoms with Crippen LogP contribution >= 0.6 is 11.6 Å². The van der Waals surface area contributed by atoms with Gasteiger partial charge < -0.3 is 19.9 Å². The Balaban J connectivity index is 1.56. The second-order valence-electron chi connectivity index (χ2n) is 10.4. The number of aromatic hydroxyl groups is 1. The number of aromatic nitrogens is 1. The van der Waals surface area contributed by atoms with Crippen molar-refractivity contribution >= 4 is 56.4 Å². The van der Waals surface area contributed by atoms with Gasteiger partial charge in [-0.25, -0.2) is 0 Å². The molecule has 0 radical (unpaired) electrons. The lowest BCUT2D eigenvalue weighted by atomic mass is 9.92. The van der Waals surface area contributed by atoms with E-state index < -0.39 is 0 Å². The summed E-state index contributed by atoms with van der Waals surface area (Å²) >= 11 is 6.37. The number of nitrogens with zero attached hydrogens (tertiary/aromatic N) is 2. The van der Waals surface area contributed by atoms with Crippen LogP contribution in [0.1, 0.15) is 50.4 Å². The van der Waals surface area contributed by atoms with Gasteiger partial charge in [-0.1, -0.05) is 18.2 Å². The van der Waals surface area contributed by atoms with Gasteiger partial charge in [0.05, 0.1) is 12.2 Å². The van der Waals surface area contributed by atoms with Crippen LogP contribution in [0, 0.1) is 6.92 Å². The van der Waals surface area contributed by atoms with E-state index in [2.05, 4.69) is 4.98 Å². The Kier molecular flexibility index (Phi) is 6.75. The maximum atomic E-state index is 13.8. The smallest absolute Gasteiger partial charge is 0.274 e. The second-order valence-corrected chi connectivity index (χ2v) is 10.7. The van der Waals surface area contributed by atoms with E-state index in [4.69, 9.17) is 11.6 Å². The van der Waals surface area contributed by atoms with Gasteiger partial charge in [-0.05, 0) is 68.2 Å². The maximum Gasteiger partial charge on any atom is 0.274 e. The monoisotopic (exact) mass is 531 g/mol. The van der Waals surface area contributed by atoms with Crippen LogP contribution in [0.3, 0.4) is 0 Å². The molecule has 2 heterocycles. The molecule has 0 spiro atoms. The zero-order chi connectivity index (χ0) is 27.3. The first-order valence-corrected chi connectivity index (χ1v) is 13.1. The number of carbonyl (C=O) groups is 3. The molecule has 2 N–H and O–H groups in total. The molecule has 38 heavy (non-hydrogen) atoms. The molecule has 196 valence electrons. The van der Waals surface area contributed by atoms with Gasteiger partial charge in [-0.2, -0.15) is 0 Å². The van der Waals surface area contributed by atoms with Gasteiger partial charge in [0.2, 0.25) is 0 Å². The minimum absolute atomic E-state index is 0.00261. The number of fused-ring (bicyclic) bond motifs is 4. The fourth-order valence-corrected chi connectivity index (χ4v) is 5.85. The summed E-state index contributed by atoms with van der Waals surface area (Å²) in [5.74, 6) is -0.0121. The summed E-state index contributed by atoms with van der Waals surface area (Å²) < 4.78 is 0. The summed E-state index contributed by atoms with van der Waals surface area (Å²) in [5, 5.41) is 13.2. The van der Waals surface area contributed by atoms with Crippen LogP contribution in [0.15, 0.2) is 42.5 Å². The van der Waals surface area contributed by atoms with Crippen molar-refractivity contribution < 1.29 is 19.5 Å². The molecule has 8 heteroatoms. The maximum absolute atomic E-state index is 13.8. The van der Waals surface area contributed by atoms with Crippen molar-refractivity contribution in [3.05, 3.63) is 70.4 Å². The molecule has 1 atom stereocenters. The van der Waals surface area contributed by atoms with E-state index in [1.54, 1.807) is 34.1 Å². The number of Topliss-reactive ketones (excluding diaryl/α,β-unsaturated/α-hetero) is 2. The second kappa shape index (κ2) is 9.89. The van der Waals surface area contributed by atoms with Crippen molar-refractivity contribution in [2.45, 2.75) is 26.2 Å². The molecule has 0 aliphatic carbocycles. The average molecular weight is 532 g/mol. The van der Waals surface area contributed by atoms with E-state index in [1.165, 1.54) is 6.92 Å². The molecular weight excluding hydrogens is 502 g/mol. The van der Waals surface area contributed by atoms with Gasteiger partial charge in [-0.15, -0.1) is 11.6 Å². The molecule has 1 aliphatic rings. The summed E-state index contributed by atoms with van der Waals surface area (Å²) in [7, 11) is 3.65. The highest BCUT2D eigenvalue weighted by molar-refractivity contribution is 6.19. The van der Waals surface area contributed by atoms with Crippen molar-refractivity contribution in [3.8, 4) is 5.75 Å². The average Bonchev–Trinajstić information content (AvgIpc) is 3.43. The van der Waals surface area contributed by atoms with Gasteiger partial charge in [0.1, 0.15) is 11.4 Å². The normalized spacial score (nSPS) is 15.0. The Morgan fingerprint density at radius 2 is 1.92 bits per heavy atom. The zero-order valence-electron chi connectivity index (χ0n) is 21.9. The lowest BCUT2D eigenvalue weighted by Gasteiger charge is -2.18. The molecule has 0 saturated carbocycles. The van der Waals surface area contributed by atoms with E-state index in [-0.39, 0.29) is 42.1 Å². The lowest BCUT2D eigenvalue weighted by Crippen LogP contribution is -2.30. The van der Waals surface area contributed by atoms with Crippen LogP contribution < -0.4 is 4.90 Å². The predicted octanol–water partition coefficient (Wildman–Crippen LogP) is 5.19. The molecule has 0 bridgehead atoms. The number of carbonyl (C=O) groups excluding carboxylic acids is 3. The number of alkyl halides is 1. The third-order valence-electron chi connectivity index (χ3n) is 7.24. The molecule has 1 aromatic heterocycles. The lowest BCUT2D eigenvalue weighted by molar-refractivity contribution is -0.119. The van der Waals surface area contributed by atoms with Gasteiger partial charge in [0.15, 0.2) is 11.6 Å². The molecule has 3 aromatic carbocycles. The zero-order valence-corrected chi connectivity index (χ0v) is 22.6. The Labute approximate surface area is 226 Å². The number of hydrogen-bond acceptors (Lipinski definition) is 5. The van der Waals surface area contributed by atoms with Gasteiger partial charge >= 0.3 is 0 Å². The number of hydrogen-bond donors (Lipinski definition) is 2. The molecular formula is C30H30ClN3O4. The van der Waals surface area contributed by atoms with Crippen molar-refractivity contribution in [2.24, 2.45) is 0 Å². The van der Waals surface area contributed by atoms with E-state index >= 15 is 0 Å². The minimum atomic E-state index is -0.253. The van der Waals surface area contributed by atoms with Crippen molar-refractivity contribution in [2.75, 3.05) is 38.0 Å². The number of amides is 1. The fourth-order valence-electron chi connectivity index (χ4n) is 5.60. The largest absolute Gasteiger partial charge is 0.507 e. The van der Waals surface area contributed by atoms with Gasteiger partial charge in [0, 0.05) is 52.7 Å². The summed E-state index contributed by atoms with van der Waals surface area (Å²) in [6.07, 6.45) is 0.133. The summed E-state index contributed by atoms with van der Waals surface area (Å²) in [4.78, 5) is 45.4. The molecule has 7 nitrogen and oxygen atoms in total. The summed E-state index contributed by atoms with van der Waals surface area (Å²) in [5.41, 5.74) is 4.78. The van der Waals surface area contributed by atoms with Crippen molar-refractivity contribution in [3.63, 3.8) is 0 Å². The number of phenols is 1. The number of likely N-dealkylation sites (N-methyl/N-ethyl adjacent to an activating group) is 1. The molecule has 4 aromatic rings. The first-order valence-electron chi connectivity index (χ1n) is 12.5. The number of rotatable bonds is 7. The number of anilines is 1. The Morgan fingerprint density at radius 1 is 1.16 bits per heavy atom. The highest BCUT2D eigenvalue weighted by atomic mass is 35.5. The first kappa shape index (κ1) is 25.9. The number of benzene rings is 3. The third-order valence-corrected chi connectivity index (χ3v) is 7.61. The number of ketones is 2. The van der Waals surface area contributed by atoms with Crippen molar-refractivity contribution in [1.82, 2.24) is 9.88 Å².